The molecule has 1 saturated carbocycles. The van der Waals surface area contributed by atoms with Gasteiger partial charge in [0.15, 0.2) is 5.65 Å². The van der Waals surface area contributed by atoms with Crippen molar-refractivity contribution in [3.05, 3.63) is 65.1 Å². The Balaban J connectivity index is 1.41. The Hall–Kier alpha value is -2.62. The van der Waals surface area contributed by atoms with E-state index in [0.29, 0.717) is 18.2 Å². The van der Waals surface area contributed by atoms with Crippen LogP contribution in [-0.2, 0) is 24.6 Å². The molecule has 0 unspecified atom stereocenters. The van der Waals surface area contributed by atoms with E-state index in [1.165, 1.54) is 22.6 Å². The number of alkyl halides is 6. The average Bonchev–Trinajstić information content (AvgIpc) is 3.52. The van der Waals surface area contributed by atoms with Gasteiger partial charge < -0.3 is 0 Å². The molecule has 0 atom stereocenters. The highest BCUT2D eigenvalue weighted by atomic mass is 19.4. The summed E-state index contributed by atoms with van der Waals surface area (Å²) < 4.78 is 86.0. The van der Waals surface area contributed by atoms with Gasteiger partial charge in [0.2, 0.25) is 0 Å². The summed E-state index contributed by atoms with van der Waals surface area (Å²) >= 11 is 0. The third kappa shape index (κ3) is 4.16. The van der Waals surface area contributed by atoms with Crippen LogP contribution in [0.1, 0.15) is 48.2 Å². The van der Waals surface area contributed by atoms with Gasteiger partial charge in [0, 0.05) is 19.2 Å². The van der Waals surface area contributed by atoms with Crippen LogP contribution < -0.4 is 0 Å². The number of piperidine rings is 1. The lowest BCUT2D eigenvalue weighted by atomic mass is 9.72. The van der Waals surface area contributed by atoms with Crippen molar-refractivity contribution in [2.75, 3.05) is 13.1 Å². The maximum Gasteiger partial charge on any atom is 0.420 e. The first kappa shape index (κ1) is 23.1. The Labute approximate surface area is 192 Å². The number of likely N-dealkylation sites (tertiary alicyclic amines) is 1. The first-order valence-corrected chi connectivity index (χ1v) is 11.4. The largest absolute Gasteiger partial charge is 0.420 e. The Kier molecular flexibility index (Phi) is 5.61. The number of nitrogens with zero attached hydrogens (tertiary/aromatic N) is 4. The SMILES string of the molecule is FC(F)(F)c1c(CN2CCC(c3ccccc3)(C(F)(F)F)CC2)ccn2c(CC3CC3)nnc12. The zero-order chi connectivity index (χ0) is 24.1. The van der Waals surface area contributed by atoms with Crippen LogP contribution in [0.5, 0.6) is 0 Å². The Morgan fingerprint density at radius 3 is 2.18 bits per heavy atom. The van der Waals surface area contributed by atoms with Crippen LogP contribution in [0.2, 0.25) is 0 Å². The second-order valence-corrected chi connectivity index (χ2v) is 9.39. The molecule has 3 heterocycles. The Morgan fingerprint density at radius 2 is 1.59 bits per heavy atom. The minimum absolute atomic E-state index is 0.00425. The van der Waals surface area contributed by atoms with Gasteiger partial charge >= 0.3 is 12.4 Å². The summed E-state index contributed by atoms with van der Waals surface area (Å²) in [4.78, 5) is 1.66. The van der Waals surface area contributed by atoms with E-state index in [-0.39, 0.29) is 49.2 Å². The first-order valence-electron chi connectivity index (χ1n) is 11.4. The van der Waals surface area contributed by atoms with Gasteiger partial charge in [-0.25, -0.2) is 0 Å². The van der Waals surface area contributed by atoms with Crippen LogP contribution in [-0.4, -0.2) is 38.8 Å². The van der Waals surface area contributed by atoms with E-state index in [1.807, 2.05) is 0 Å². The lowest BCUT2D eigenvalue weighted by molar-refractivity contribution is -0.203. The molecular formula is C24H24F6N4. The number of hydrogen-bond donors (Lipinski definition) is 0. The summed E-state index contributed by atoms with van der Waals surface area (Å²) in [6.45, 7) is -0.0219. The van der Waals surface area contributed by atoms with Crippen molar-refractivity contribution in [3.8, 4) is 0 Å². The van der Waals surface area contributed by atoms with Gasteiger partial charge in [0.05, 0.1) is 5.41 Å². The summed E-state index contributed by atoms with van der Waals surface area (Å²) in [5.41, 5.74) is -2.89. The third-order valence-electron chi connectivity index (χ3n) is 7.16. The van der Waals surface area contributed by atoms with Crippen molar-refractivity contribution in [1.82, 2.24) is 19.5 Å². The molecule has 1 aromatic carbocycles. The molecule has 4 nitrogen and oxygen atoms in total. The van der Waals surface area contributed by atoms with Gasteiger partial charge in [0.25, 0.3) is 0 Å². The maximum atomic E-state index is 14.1. The summed E-state index contributed by atoms with van der Waals surface area (Å²) in [7, 11) is 0. The van der Waals surface area contributed by atoms with Crippen LogP contribution in [0.25, 0.3) is 5.65 Å². The van der Waals surface area contributed by atoms with Crippen molar-refractivity contribution < 1.29 is 26.3 Å². The van der Waals surface area contributed by atoms with Crippen molar-refractivity contribution in [1.29, 1.82) is 0 Å². The molecule has 10 heteroatoms. The molecule has 34 heavy (non-hydrogen) atoms. The summed E-state index contributed by atoms with van der Waals surface area (Å²) in [5, 5.41) is 7.83. The van der Waals surface area contributed by atoms with Gasteiger partial charge in [-0.1, -0.05) is 30.3 Å². The molecule has 2 aliphatic rings. The van der Waals surface area contributed by atoms with E-state index >= 15 is 0 Å². The normalized spacial score (nSPS) is 19.6. The highest BCUT2D eigenvalue weighted by molar-refractivity contribution is 5.53. The molecule has 1 aliphatic carbocycles. The van der Waals surface area contributed by atoms with E-state index in [0.717, 1.165) is 12.8 Å². The van der Waals surface area contributed by atoms with Crippen LogP contribution in [0.3, 0.4) is 0 Å². The van der Waals surface area contributed by atoms with Crippen molar-refractivity contribution >= 4 is 5.65 Å². The van der Waals surface area contributed by atoms with E-state index in [9.17, 15) is 26.3 Å². The van der Waals surface area contributed by atoms with E-state index < -0.39 is 23.3 Å². The minimum Gasteiger partial charge on any atom is -0.299 e. The molecule has 3 aromatic rings. The second kappa shape index (κ2) is 8.25. The third-order valence-corrected chi connectivity index (χ3v) is 7.16. The summed E-state index contributed by atoms with van der Waals surface area (Å²) in [5.74, 6) is 0.943. The highest BCUT2D eigenvalue weighted by Crippen LogP contribution is 2.48. The predicted molar refractivity (Wildman–Crippen MR) is 113 cm³/mol. The standard InChI is InChI=1S/C24H24F6N4/c25-23(26,27)20-17(8-11-34-19(14-16-6-7-16)31-32-21(20)34)15-33-12-9-22(10-13-33,24(28,29)30)18-4-2-1-3-5-18/h1-5,8,11,16H,6-7,9-10,12-15H2. The molecule has 0 N–H and O–H groups in total. The molecule has 1 saturated heterocycles. The lowest BCUT2D eigenvalue weighted by Crippen LogP contribution is -2.51. The van der Waals surface area contributed by atoms with Crippen LogP contribution in [0.4, 0.5) is 26.3 Å². The summed E-state index contributed by atoms with van der Waals surface area (Å²) in [6.07, 6.45) is -5.31. The van der Waals surface area contributed by atoms with E-state index in [4.69, 9.17) is 0 Å². The number of benzene rings is 1. The zero-order valence-electron chi connectivity index (χ0n) is 18.3. The van der Waals surface area contributed by atoms with Gasteiger partial charge in [-0.3, -0.25) is 9.30 Å². The number of hydrogen-bond acceptors (Lipinski definition) is 3. The molecule has 182 valence electrons. The lowest BCUT2D eigenvalue weighted by Gasteiger charge is -2.43. The molecule has 2 aromatic heterocycles. The highest BCUT2D eigenvalue weighted by Gasteiger charge is 2.56. The number of halogens is 6. The molecule has 1 aliphatic heterocycles. The van der Waals surface area contributed by atoms with Crippen molar-refractivity contribution in [2.24, 2.45) is 5.92 Å². The van der Waals surface area contributed by atoms with E-state index in [1.54, 1.807) is 29.3 Å². The van der Waals surface area contributed by atoms with Crippen molar-refractivity contribution in [2.45, 2.75) is 56.4 Å². The number of pyridine rings is 1. The van der Waals surface area contributed by atoms with Gasteiger partial charge in [-0.15, -0.1) is 10.2 Å². The molecule has 0 radical (unpaired) electrons. The fraction of sp³-hybridized carbons (Fsp3) is 0.500. The van der Waals surface area contributed by atoms with Crippen molar-refractivity contribution in [3.63, 3.8) is 0 Å². The molecule has 0 amide bonds. The Bertz CT molecular complexity index is 1160. The molecule has 0 spiro atoms. The number of aromatic nitrogens is 3. The van der Waals surface area contributed by atoms with Crippen LogP contribution in [0, 0.1) is 5.92 Å². The Morgan fingerprint density at radius 1 is 0.912 bits per heavy atom. The van der Waals surface area contributed by atoms with Crippen LogP contribution in [0.15, 0.2) is 42.6 Å². The quantitative estimate of drug-likeness (QED) is 0.431. The number of fused-ring (bicyclic) bond motifs is 1. The molecule has 0 bridgehead atoms. The zero-order valence-corrected chi connectivity index (χ0v) is 18.3. The minimum atomic E-state index is -4.66. The molecule has 5 rings (SSSR count). The second-order valence-electron chi connectivity index (χ2n) is 9.39. The molecular weight excluding hydrogens is 458 g/mol. The average molecular weight is 482 g/mol. The molecule has 2 fully saturated rings. The fourth-order valence-corrected chi connectivity index (χ4v) is 5.03. The first-order chi connectivity index (χ1) is 16.1. The topological polar surface area (TPSA) is 33.4 Å². The fourth-order valence-electron chi connectivity index (χ4n) is 5.03. The van der Waals surface area contributed by atoms with E-state index in [2.05, 4.69) is 10.2 Å². The maximum absolute atomic E-state index is 14.1. The van der Waals surface area contributed by atoms with Gasteiger partial charge in [-0.2, -0.15) is 26.3 Å². The summed E-state index contributed by atoms with van der Waals surface area (Å²) in [6, 6.07) is 9.18. The smallest absolute Gasteiger partial charge is 0.299 e. The monoisotopic (exact) mass is 482 g/mol. The number of rotatable bonds is 5. The predicted octanol–water partition coefficient (Wildman–Crippen LogP) is 5.80. The van der Waals surface area contributed by atoms with Gasteiger partial charge in [0.1, 0.15) is 11.4 Å². The van der Waals surface area contributed by atoms with Gasteiger partial charge in [-0.05, 0) is 61.9 Å². The van der Waals surface area contributed by atoms with Crippen LogP contribution >= 0.6 is 0 Å².